The second kappa shape index (κ2) is 7.91. The average Bonchev–Trinajstić information content (AvgIpc) is 2.42. The maximum Gasteiger partial charge on any atom is 0.414 e. The van der Waals surface area contributed by atoms with Crippen LogP contribution < -0.4 is 0 Å². The van der Waals surface area contributed by atoms with Gasteiger partial charge in [-0.25, -0.2) is 27.2 Å². The zero-order chi connectivity index (χ0) is 17.7. The first-order valence-electron chi connectivity index (χ1n) is 6.64. The van der Waals surface area contributed by atoms with Crippen molar-refractivity contribution in [3.8, 4) is 0 Å². The van der Waals surface area contributed by atoms with Crippen LogP contribution >= 0.6 is 0 Å². The van der Waals surface area contributed by atoms with E-state index in [0.29, 0.717) is 19.2 Å². The zero-order valence-electron chi connectivity index (χ0n) is 12.1. The summed E-state index contributed by atoms with van der Waals surface area (Å²) in [5.41, 5.74) is -0.511. The summed E-state index contributed by atoms with van der Waals surface area (Å²) in [5, 5.41) is 14.8. The maximum absolute atomic E-state index is 13.9. The van der Waals surface area contributed by atoms with Crippen LogP contribution in [0.1, 0.15) is 18.7 Å². The summed E-state index contributed by atoms with van der Waals surface area (Å²) in [4.78, 5) is 20.2. The normalized spacial score (nSPS) is 16.0. The molecule has 0 bridgehead atoms. The molecule has 1 aliphatic heterocycles. The van der Waals surface area contributed by atoms with E-state index < -0.39 is 41.1 Å². The van der Waals surface area contributed by atoms with Gasteiger partial charge in [-0.3, -0.25) is 0 Å². The Labute approximate surface area is 129 Å². The molecule has 1 aromatic carbocycles. The highest BCUT2D eigenvalue weighted by atomic mass is 19.2. The first kappa shape index (κ1) is 18.9. The first-order valence-corrected chi connectivity index (χ1v) is 6.64. The van der Waals surface area contributed by atoms with Gasteiger partial charge in [-0.15, -0.1) is 0 Å². The fourth-order valence-corrected chi connectivity index (χ4v) is 2.08. The number of carboxylic acids is 2. The minimum Gasteiger partial charge on any atom is -0.473 e. The van der Waals surface area contributed by atoms with Gasteiger partial charge in [-0.1, -0.05) is 6.92 Å². The molecule has 1 fully saturated rings. The number of alkyl halides is 1. The highest BCUT2D eigenvalue weighted by molar-refractivity contribution is 6.27. The van der Waals surface area contributed by atoms with Crippen LogP contribution in [0.2, 0.25) is 0 Å². The lowest BCUT2D eigenvalue weighted by Crippen LogP contribution is -2.48. The number of carbonyl (C=O) groups is 2. The van der Waals surface area contributed by atoms with E-state index in [-0.39, 0.29) is 5.92 Å². The lowest BCUT2D eigenvalue weighted by Gasteiger charge is -2.40. The van der Waals surface area contributed by atoms with E-state index in [2.05, 4.69) is 0 Å². The molecule has 23 heavy (non-hydrogen) atoms. The Morgan fingerprint density at radius 2 is 1.74 bits per heavy atom. The SMILES string of the molecule is CCN1CC(C(F)c2cc(F)cc(F)c2F)C1.O=C(O)C(=O)O. The number of nitrogens with zero attached hydrogens (tertiary/aromatic N) is 1. The van der Waals surface area contributed by atoms with Gasteiger partial charge in [0.2, 0.25) is 0 Å². The van der Waals surface area contributed by atoms with E-state index in [1.54, 1.807) is 0 Å². The van der Waals surface area contributed by atoms with Gasteiger partial charge in [0, 0.05) is 30.6 Å². The molecule has 9 heteroatoms. The van der Waals surface area contributed by atoms with Gasteiger partial charge in [-0.2, -0.15) is 0 Å². The Morgan fingerprint density at radius 1 is 1.22 bits per heavy atom. The summed E-state index contributed by atoms with van der Waals surface area (Å²) in [6.45, 7) is 3.72. The molecule has 0 saturated carbocycles. The molecule has 128 valence electrons. The molecule has 5 nitrogen and oxygen atoms in total. The standard InChI is InChI=1S/C12H13F4N.C2H2O4/c1-2-17-5-7(6-17)11(15)9-3-8(13)4-10(14)12(9)16;3-1(4)2(5)6/h3-4,7,11H,2,5-6H2,1H3;(H,3,4)(H,5,6). The van der Waals surface area contributed by atoms with Gasteiger partial charge in [0.05, 0.1) is 0 Å². The third kappa shape index (κ3) is 4.92. The summed E-state index contributed by atoms with van der Waals surface area (Å²) >= 11 is 0. The minimum atomic E-state index is -1.82. The molecule has 1 atom stereocenters. The Bertz CT molecular complexity index is 578. The highest BCUT2D eigenvalue weighted by Crippen LogP contribution is 2.35. The number of carboxylic acid groups (broad SMARTS) is 2. The Hall–Kier alpha value is -2.16. The number of rotatable bonds is 3. The Balaban J connectivity index is 0.000000379. The van der Waals surface area contributed by atoms with Crippen molar-refractivity contribution < 1.29 is 37.4 Å². The molecule has 1 saturated heterocycles. The van der Waals surface area contributed by atoms with Gasteiger partial charge in [0.1, 0.15) is 12.0 Å². The summed E-state index contributed by atoms with van der Waals surface area (Å²) in [6.07, 6.45) is -1.65. The molecule has 1 heterocycles. The van der Waals surface area contributed by atoms with Crippen LogP contribution in [-0.4, -0.2) is 46.7 Å². The van der Waals surface area contributed by atoms with Gasteiger partial charge >= 0.3 is 11.9 Å². The van der Waals surface area contributed by atoms with E-state index in [1.165, 1.54) is 0 Å². The smallest absolute Gasteiger partial charge is 0.414 e. The Kier molecular flexibility index (Phi) is 6.49. The second-order valence-electron chi connectivity index (χ2n) is 4.92. The molecule has 2 N–H and O–H groups in total. The average molecular weight is 337 g/mol. The molecular formula is C14H15F4NO4. The number of likely N-dealkylation sites (tertiary alicyclic amines) is 1. The lowest BCUT2D eigenvalue weighted by atomic mass is 9.90. The van der Waals surface area contributed by atoms with E-state index in [4.69, 9.17) is 19.8 Å². The van der Waals surface area contributed by atoms with Crippen molar-refractivity contribution >= 4 is 11.9 Å². The summed E-state index contributed by atoms with van der Waals surface area (Å²) in [5.74, 6) is -7.60. The van der Waals surface area contributed by atoms with E-state index in [0.717, 1.165) is 12.6 Å². The second-order valence-corrected chi connectivity index (χ2v) is 4.92. The van der Waals surface area contributed by atoms with E-state index >= 15 is 0 Å². The topological polar surface area (TPSA) is 77.8 Å². The van der Waals surface area contributed by atoms with Crippen LogP contribution in [0.5, 0.6) is 0 Å². The predicted octanol–water partition coefficient (Wildman–Crippen LogP) is 2.22. The fraction of sp³-hybridized carbons (Fsp3) is 0.429. The fourth-order valence-electron chi connectivity index (χ4n) is 2.08. The van der Waals surface area contributed by atoms with Gasteiger partial charge < -0.3 is 15.1 Å². The van der Waals surface area contributed by atoms with Gasteiger partial charge in [-0.05, 0) is 12.6 Å². The summed E-state index contributed by atoms with van der Waals surface area (Å²) < 4.78 is 53.1. The summed E-state index contributed by atoms with van der Waals surface area (Å²) in [7, 11) is 0. The third-order valence-corrected chi connectivity index (χ3v) is 3.35. The van der Waals surface area contributed by atoms with Gasteiger partial charge in [0.25, 0.3) is 0 Å². The summed E-state index contributed by atoms with van der Waals surface area (Å²) in [6, 6.07) is 1.16. The van der Waals surface area contributed by atoms with E-state index in [9.17, 15) is 17.6 Å². The number of aliphatic carboxylic acids is 2. The number of halogens is 4. The molecular weight excluding hydrogens is 322 g/mol. The van der Waals surface area contributed by atoms with Crippen molar-refractivity contribution in [1.82, 2.24) is 4.90 Å². The van der Waals surface area contributed by atoms with Crippen molar-refractivity contribution in [3.05, 3.63) is 35.1 Å². The third-order valence-electron chi connectivity index (χ3n) is 3.35. The molecule has 0 aromatic heterocycles. The van der Waals surface area contributed by atoms with Crippen LogP contribution in [0.15, 0.2) is 12.1 Å². The quantitative estimate of drug-likeness (QED) is 0.502. The molecule has 0 radical (unpaired) electrons. The molecule has 0 amide bonds. The van der Waals surface area contributed by atoms with Crippen molar-refractivity contribution in [2.45, 2.75) is 13.1 Å². The molecule has 0 aliphatic carbocycles. The lowest BCUT2D eigenvalue weighted by molar-refractivity contribution is -0.159. The van der Waals surface area contributed by atoms with Crippen LogP contribution in [0.3, 0.4) is 0 Å². The molecule has 2 rings (SSSR count). The molecule has 1 aliphatic rings. The van der Waals surface area contributed by atoms with Crippen molar-refractivity contribution in [2.24, 2.45) is 5.92 Å². The predicted molar refractivity (Wildman–Crippen MR) is 71.0 cm³/mol. The van der Waals surface area contributed by atoms with Crippen molar-refractivity contribution in [3.63, 3.8) is 0 Å². The highest BCUT2D eigenvalue weighted by Gasteiger charge is 2.35. The van der Waals surface area contributed by atoms with Crippen LogP contribution in [0.4, 0.5) is 17.6 Å². The number of hydrogen-bond acceptors (Lipinski definition) is 3. The van der Waals surface area contributed by atoms with Crippen molar-refractivity contribution in [1.29, 1.82) is 0 Å². The first-order chi connectivity index (χ1) is 10.7. The zero-order valence-corrected chi connectivity index (χ0v) is 12.1. The van der Waals surface area contributed by atoms with Crippen LogP contribution in [0.25, 0.3) is 0 Å². The van der Waals surface area contributed by atoms with Crippen molar-refractivity contribution in [2.75, 3.05) is 19.6 Å². The maximum atomic E-state index is 13.9. The molecule has 0 spiro atoms. The molecule has 1 unspecified atom stereocenters. The van der Waals surface area contributed by atoms with Crippen LogP contribution in [0, 0.1) is 23.4 Å². The minimum absolute atomic E-state index is 0.384. The van der Waals surface area contributed by atoms with Crippen LogP contribution in [-0.2, 0) is 9.59 Å². The van der Waals surface area contributed by atoms with E-state index in [1.807, 2.05) is 11.8 Å². The van der Waals surface area contributed by atoms with Gasteiger partial charge in [0.15, 0.2) is 11.6 Å². The monoisotopic (exact) mass is 337 g/mol. The number of benzene rings is 1. The Morgan fingerprint density at radius 3 is 2.17 bits per heavy atom. The largest absolute Gasteiger partial charge is 0.473 e. The molecule has 1 aromatic rings. The number of hydrogen-bond donors (Lipinski definition) is 2.